The summed E-state index contributed by atoms with van der Waals surface area (Å²) in [5.74, 6) is 0.611. The third kappa shape index (κ3) is 3.25. The van der Waals surface area contributed by atoms with Crippen LogP contribution in [-0.2, 0) is 0 Å². The molecule has 13 heavy (non-hydrogen) atoms. The van der Waals surface area contributed by atoms with Gasteiger partial charge in [-0.1, -0.05) is 11.6 Å². The summed E-state index contributed by atoms with van der Waals surface area (Å²) in [5.41, 5.74) is 1.77. The minimum atomic E-state index is 0.389. The highest BCUT2D eigenvalue weighted by molar-refractivity contribution is 6.25. The van der Waals surface area contributed by atoms with E-state index in [4.69, 9.17) is 16.3 Å². The number of aromatic nitrogens is 1. The molecular formula is C9H8ClNO2. The largest absolute Gasteiger partial charge is 0.488 e. The number of hydrogen-bond acceptors (Lipinski definition) is 3. The quantitative estimate of drug-likeness (QED) is 0.694. The Balaban J connectivity index is 2.53. The predicted molar refractivity (Wildman–Crippen MR) is 50.1 cm³/mol. The van der Waals surface area contributed by atoms with E-state index < -0.39 is 0 Å². The average Bonchev–Trinajstić information content (AvgIpc) is 2.19. The van der Waals surface area contributed by atoms with Crippen LogP contribution in [0.4, 0.5) is 0 Å². The van der Waals surface area contributed by atoms with Crippen molar-refractivity contribution in [3.8, 4) is 5.75 Å². The van der Waals surface area contributed by atoms with Crippen LogP contribution in [0.1, 0.15) is 10.5 Å². The number of nitrogens with zero attached hydrogens (tertiary/aromatic N) is 1. The molecule has 68 valence electrons. The Bertz CT molecular complexity index is 295. The predicted octanol–water partition coefficient (Wildman–Crippen LogP) is 2.03. The minimum absolute atomic E-state index is 0.389. The summed E-state index contributed by atoms with van der Waals surface area (Å²) in [6.45, 7) is 0.394. The molecule has 0 aliphatic rings. The van der Waals surface area contributed by atoms with Gasteiger partial charge in [-0.05, 0) is 18.2 Å². The molecule has 0 atom stereocenters. The molecular weight excluding hydrogens is 190 g/mol. The van der Waals surface area contributed by atoms with Gasteiger partial charge in [-0.2, -0.15) is 0 Å². The lowest BCUT2D eigenvalue weighted by molar-refractivity contribution is 0.111. The molecule has 0 bridgehead atoms. The first-order chi connectivity index (χ1) is 6.36. The fraction of sp³-hybridized carbons (Fsp3) is 0.111. The number of pyridine rings is 1. The van der Waals surface area contributed by atoms with Crippen LogP contribution in [0, 0.1) is 0 Å². The smallest absolute Gasteiger partial charge is 0.168 e. The SMILES string of the molecule is O=Cc1ccc(OCC=CCl)cn1. The van der Waals surface area contributed by atoms with Gasteiger partial charge in [0, 0.05) is 5.54 Å². The van der Waals surface area contributed by atoms with E-state index in [9.17, 15) is 4.79 Å². The molecule has 0 fully saturated rings. The first-order valence-electron chi connectivity index (χ1n) is 3.66. The van der Waals surface area contributed by atoms with Crippen LogP contribution in [0.2, 0.25) is 0 Å². The molecule has 0 amide bonds. The van der Waals surface area contributed by atoms with Crippen molar-refractivity contribution in [1.82, 2.24) is 4.98 Å². The lowest BCUT2D eigenvalue weighted by atomic mass is 10.4. The van der Waals surface area contributed by atoms with Crippen molar-refractivity contribution in [3.05, 3.63) is 35.6 Å². The topological polar surface area (TPSA) is 39.2 Å². The van der Waals surface area contributed by atoms with Gasteiger partial charge in [0.2, 0.25) is 0 Å². The molecule has 1 aromatic heterocycles. The van der Waals surface area contributed by atoms with Crippen LogP contribution >= 0.6 is 11.6 Å². The normalized spacial score (nSPS) is 10.2. The molecule has 4 heteroatoms. The lowest BCUT2D eigenvalue weighted by Gasteiger charge is -2.00. The third-order valence-electron chi connectivity index (χ3n) is 1.32. The summed E-state index contributed by atoms with van der Waals surface area (Å²) in [4.78, 5) is 14.1. The van der Waals surface area contributed by atoms with Gasteiger partial charge in [0.15, 0.2) is 6.29 Å². The van der Waals surface area contributed by atoms with Gasteiger partial charge in [0.05, 0.1) is 6.20 Å². The van der Waals surface area contributed by atoms with Crippen LogP contribution in [0.25, 0.3) is 0 Å². The first-order valence-corrected chi connectivity index (χ1v) is 4.09. The number of halogens is 1. The van der Waals surface area contributed by atoms with E-state index in [1.54, 1.807) is 18.2 Å². The fourth-order valence-electron chi connectivity index (χ4n) is 0.728. The van der Waals surface area contributed by atoms with Crippen molar-refractivity contribution in [3.63, 3.8) is 0 Å². The van der Waals surface area contributed by atoms with Crippen LogP contribution in [-0.4, -0.2) is 17.9 Å². The van der Waals surface area contributed by atoms with Crippen LogP contribution in [0.3, 0.4) is 0 Å². The van der Waals surface area contributed by atoms with E-state index in [-0.39, 0.29) is 0 Å². The number of hydrogen-bond donors (Lipinski definition) is 0. The molecule has 3 nitrogen and oxygen atoms in total. The zero-order valence-electron chi connectivity index (χ0n) is 6.81. The maximum atomic E-state index is 10.2. The number of carbonyl (C=O) groups is 1. The minimum Gasteiger partial charge on any atom is -0.488 e. The molecule has 1 rings (SSSR count). The Labute approximate surface area is 81.0 Å². The van der Waals surface area contributed by atoms with Gasteiger partial charge in [-0.15, -0.1) is 0 Å². The fourth-order valence-corrected chi connectivity index (χ4v) is 0.800. The van der Waals surface area contributed by atoms with Gasteiger partial charge >= 0.3 is 0 Å². The molecule has 0 N–H and O–H groups in total. The highest BCUT2D eigenvalue weighted by atomic mass is 35.5. The number of ether oxygens (including phenoxy) is 1. The van der Waals surface area contributed by atoms with Crippen LogP contribution in [0.5, 0.6) is 5.75 Å². The molecule has 1 heterocycles. The van der Waals surface area contributed by atoms with Gasteiger partial charge < -0.3 is 4.74 Å². The second-order valence-electron chi connectivity index (χ2n) is 2.21. The molecule has 0 unspecified atom stereocenters. The zero-order valence-corrected chi connectivity index (χ0v) is 7.57. The van der Waals surface area contributed by atoms with Gasteiger partial charge in [-0.25, -0.2) is 4.98 Å². The highest BCUT2D eigenvalue weighted by Crippen LogP contribution is 2.07. The molecule has 0 saturated carbocycles. The summed E-state index contributed by atoms with van der Waals surface area (Å²) in [6.07, 6.45) is 3.84. The van der Waals surface area contributed by atoms with Crippen molar-refractivity contribution in [2.75, 3.05) is 6.61 Å². The Kier molecular flexibility index (Phi) is 3.99. The molecule has 0 spiro atoms. The highest BCUT2D eigenvalue weighted by Gasteiger charge is 1.93. The molecule has 1 aromatic rings. The van der Waals surface area contributed by atoms with Crippen molar-refractivity contribution in [1.29, 1.82) is 0 Å². The second-order valence-corrected chi connectivity index (χ2v) is 2.46. The van der Waals surface area contributed by atoms with Crippen molar-refractivity contribution >= 4 is 17.9 Å². The van der Waals surface area contributed by atoms with Crippen LogP contribution < -0.4 is 4.74 Å². The monoisotopic (exact) mass is 197 g/mol. The van der Waals surface area contributed by atoms with Crippen molar-refractivity contribution < 1.29 is 9.53 Å². The molecule has 0 aromatic carbocycles. The van der Waals surface area contributed by atoms with Crippen molar-refractivity contribution in [2.45, 2.75) is 0 Å². The summed E-state index contributed by atoms with van der Waals surface area (Å²) in [6, 6.07) is 3.27. The molecule has 0 radical (unpaired) electrons. The number of rotatable bonds is 4. The lowest BCUT2D eigenvalue weighted by Crippen LogP contribution is -1.94. The Morgan fingerprint density at radius 3 is 2.92 bits per heavy atom. The maximum Gasteiger partial charge on any atom is 0.168 e. The maximum absolute atomic E-state index is 10.2. The summed E-state index contributed by atoms with van der Waals surface area (Å²) in [5, 5.41) is 0. The number of aldehydes is 1. The molecule has 0 aliphatic heterocycles. The van der Waals surface area contributed by atoms with Gasteiger partial charge in [0.1, 0.15) is 18.1 Å². The molecule has 0 aliphatic carbocycles. The summed E-state index contributed by atoms with van der Waals surface area (Å²) in [7, 11) is 0. The van der Waals surface area contributed by atoms with Crippen LogP contribution in [0.15, 0.2) is 29.9 Å². The standard InChI is InChI=1S/C9H8ClNO2/c10-4-1-5-13-9-3-2-8(7-12)11-6-9/h1-4,6-7H,5H2. The number of carbonyl (C=O) groups excluding carboxylic acids is 1. The molecule has 0 saturated heterocycles. The van der Waals surface area contributed by atoms with E-state index in [1.165, 1.54) is 11.7 Å². The second kappa shape index (κ2) is 5.32. The van der Waals surface area contributed by atoms with Crippen molar-refractivity contribution in [2.24, 2.45) is 0 Å². The third-order valence-corrected chi connectivity index (χ3v) is 1.49. The van der Waals surface area contributed by atoms with E-state index in [0.29, 0.717) is 24.3 Å². The Hall–Kier alpha value is -1.35. The Morgan fingerprint density at radius 2 is 2.38 bits per heavy atom. The van der Waals surface area contributed by atoms with Gasteiger partial charge in [0.25, 0.3) is 0 Å². The summed E-state index contributed by atoms with van der Waals surface area (Å²) >= 11 is 5.29. The van der Waals surface area contributed by atoms with E-state index in [1.807, 2.05) is 0 Å². The zero-order chi connectivity index (χ0) is 9.52. The van der Waals surface area contributed by atoms with E-state index in [2.05, 4.69) is 4.98 Å². The average molecular weight is 198 g/mol. The van der Waals surface area contributed by atoms with Gasteiger partial charge in [-0.3, -0.25) is 4.79 Å². The first kappa shape index (κ1) is 9.74. The van der Waals surface area contributed by atoms with E-state index >= 15 is 0 Å². The summed E-state index contributed by atoms with van der Waals surface area (Å²) < 4.78 is 5.20. The van der Waals surface area contributed by atoms with E-state index in [0.717, 1.165) is 0 Å². The Morgan fingerprint density at radius 1 is 1.54 bits per heavy atom.